The summed E-state index contributed by atoms with van der Waals surface area (Å²) in [5, 5.41) is 0. The topological polar surface area (TPSA) is 0 Å². The van der Waals surface area contributed by atoms with E-state index in [1.165, 1.54) is 8.79 Å². The van der Waals surface area contributed by atoms with Crippen molar-refractivity contribution in [1.29, 1.82) is 0 Å². The Bertz CT molecular complexity index is 568. The van der Waals surface area contributed by atoms with Crippen molar-refractivity contribution in [2.24, 2.45) is 0 Å². The van der Waals surface area contributed by atoms with E-state index in [1.807, 2.05) is 34.0 Å². The third-order valence-corrected chi connectivity index (χ3v) is 26.0. The van der Waals surface area contributed by atoms with Crippen molar-refractivity contribution in [3.63, 3.8) is 0 Å². The Kier molecular flexibility index (Phi) is 6.50. The van der Waals surface area contributed by atoms with Crippen molar-refractivity contribution in [3.05, 3.63) is 60.7 Å². The van der Waals surface area contributed by atoms with Crippen molar-refractivity contribution < 1.29 is 0 Å². The third kappa shape index (κ3) is 4.42. The normalized spacial score (nSPS) is 11.1. The monoisotopic (exact) mass is 410 g/mol. The molecular weight excluding hydrogens is 393 g/mol. The standard InChI is InChI=1S/C16H16GeS4/c1-13(18)20-17(21-14(2)19,15-9-5-3-6-10-15)16-11-7-4-8-12-16/h3-12H,1-2H3. The van der Waals surface area contributed by atoms with E-state index >= 15 is 0 Å². The second-order valence-electron chi connectivity index (χ2n) is 4.54. The molecule has 0 heterocycles. The fourth-order valence-corrected chi connectivity index (χ4v) is 28.1. The fraction of sp³-hybridized carbons (Fsp3) is 0.125. The quantitative estimate of drug-likeness (QED) is 0.542. The predicted molar refractivity (Wildman–Crippen MR) is 110 cm³/mol. The van der Waals surface area contributed by atoms with E-state index < -0.39 is 11.0 Å². The number of rotatable bonds is 4. The summed E-state index contributed by atoms with van der Waals surface area (Å²) in [5.41, 5.74) is 0. The molecular formula is C16H16GeS4. The third-order valence-electron chi connectivity index (χ3n) is 2.88. The van der Waals surface area contributed by atoms with E-state index in [1.54, 1.807) is 0 Å². The van der Waals surface area contributed by atoms with Crippen molar-refractivity contribution >= 4 is 72.8 Å². The van der Waals surface area contributed by atoms with Gasteiger partial charge in [-0.2, -0.15) is 0 Å². The van der Waals surface area contributed by atoms with Crippen LogP contribution in [0.4, 0.5) is 0 Å². The number of thiocarbonyl (C=S) groups is 2. The van der Waals surface area contributed by atoms with Crippen LogP contribution in [0.5, 0.6) is 0 Å². The van der Waals surface area contributed by atoms with Gasteiger partial charge in [0.2, 0.25) is 0 Å². The van der Waals surface area contributed by atoms with E-state index in [2.05, 4.69) is 60.7 Å². The summed E-state index contributed by atoms with van der Waals surface area (Å²) in [7, 11) is 0.998. The number of hydrogen-bond donors (Lipinski definition) is 0. The Balaban J connectivity index is 2.64. The van der Waals surface area contributed by atoms with Crippen molar-refractivity contribution in [3.8, 4) is 0 Å². The Hall–Kier alpha value is -0.137. The van der Waals surface area contributed by atoms with Crippen molar-refractivity contribution in [1.82, 2.24) is 0 Å². The molecule has 0 fully saturated rings. The molecule has 5 heteroatoms. The zero-order valence-corrected chi connectivity index (χ0v) is 17.3. The molecule has 2 rings (SSSR count). The van der Waals surface area contributed by atoms with E-state index in [-0.39, 0.29) is 0 Å². The van der Waals surface area contributed by atoms with Crippen LogP contribution in [0.1, 0.15) is 13.8 Å². The predicted octanol–water partition coefficient (Wildman–Crippen LogP) is 4.40. The van der Waals surface area contributed by atoms with Crippen LogP contribution in [0.2, 0.25) is 0 Å². The average Bonchev–Trinajstić information content (AvgIpc) is 2.47. The maximum atomic E-state index is 5.45. The first-order chi connectivity index (χ1) is 10.0. The van der Waals surface area contributed by atoms with Gasteiger partial charge in [0, 0.05) is 0 Å². The molecule has 21 heavy (non-hydrogen) atoms. The SMILES string of the molecule is CC(=S)[S][Ge]([S]C(C)=S)([c]1ccccc1)[c]1ccccc1. The van der Waals surface area contributed by atoms with Gasteiger partial charge in [0.1, 0.15) is 0 Å². The first kappa shape index (κ1) is 17.2. The summed E-state index contributed by atoms with van der Waals surface area (Å²) < 4.78 is 4.78. The summed E-state index contributed by atoms with van der Waals surface area (Å²) in [4.78, 5) is 0. The van der Waals surface area contributed by atoms with Crippen LogP contribution in [0, 0.1) is 0 Å². The molecule has 0 aliphatic rings. The first-order valence-corrected chi connectivity index (χ1v) is 16.2. The molecule has 0 unspecified atom stereocenters. The summed E-state index contributed by atoms with van der Waals surface area (Å²) >= 11 is 10.9. The molecule has 2 aromatic carbocycles. The van der Waals surface area contributed by atoms with Gasteiger partial charge in [0.25, 0.3) is 0 Å². The molecule has 0 atom stereocenters. The van der Waals surface area contributed by atoms with Gasteiger partial charge in [-0.1, -0.05) is 0 Å². The van der Waals surface area contributed by atoms with E-state index in [0.29, 0.717) is 0 Å². The van der Waals surface area contributed by atoms with Gasteiger partial charge in [-0.25, -0.2) is 0 Å². The van der Waals surface area contributed by atoms with Gasteiger partial charge in [0.15, 0.2) is 0 Å². The molecule has 0 amide bonds. The maximum absolute atomic E-state index is 5.45. The molecule has 0 saturated heterocycles. The molecule has 0 aliphatic carbocycles. The second kappa shape index (κ2) is 7.92. The van der Waals surface area contributed by atoms with E-state index in [0.717, 1.165) is 8.39 Å². The second-order valence-corrected chi connectivity index (χ2v) is 23.2. The van der Waals surface area contributed by atoms with Crippen LogP contribution < -0.4 is 8.79 Å². The number of benzene rings is 2. The Morgan fingerprint density at radius 2 is 1.05 bits per heavy atom. The van der Waals surface area contributed by atoms with Crippen LogP contribution in [-0.2, 0) is 0 Å². The zero-order chi connectivity index (χ0) is 15.3. The van der Waals surface area contributed by atoms with Crippen LogP contribution in [0.25, 0.3) is 0 Å². The summed E-state index contributed by atoms with van der Waals surface area (Å²) in [5.74, 6) is 0. The molecule has 0 spiro atoms. The molecule has 0 N–H and O–H groups in total. The summed E-state index contributed by atoms with van der Waals surface area (Å²) in [6.07, 6.45) is 0. The average molecular weight is 409 g/mol. The molecule has 0 saturated carbocycles. The molecule has 0 bridgehead atoms. The van der Waals surface area contributed by atoms with Crippen LogP contribution in [-0.4, -0.2) is 19.4 Å². The van der Waals surface area contributed by atoms with Crippen LogP contribution in [0.3, 0.4) is 0 Å². The minimum atomic E-state index is -2.75. The van der Waals surface area contributed by atoms with Gasteiger partial charge in [0.05, 0.1) is 0 Å². The molecule has 0 aliphatic heterocycles. The van der Waals surface area contributed by atoms with Crippen molar-refractivity contribution in [2.45, 2.75) is 13.8 Å². The van der Waals surface area contributed by atoms with Gasteiger partial charge in [-0.3, -0.25) is 0 Å². The van der Waals surface area contributed by atoms with Crippen LogP contribution in [0.15, 0.2) is 60.7 Å². The molecule has 0 nitrogen and oxygen atoms in total. The summed E-state index contributed by atoms with van der Waals surface area (Å²) in [6, 6.07) is 21.5. The Morgan fingerprint density at radius 1 is 0.714 bits per heavy atom. The first-order valence-electron chi connectivity index (χ1n) is 6.55. The molecule has 108 valence electrons. The van der Waals surface area contributed by atoms with Crippen molar-refractivity contribution in [2.75, 3.05) is 0 Å². The Morgan fingerprint density at radius 3 is 1.33 bits per heavy atom. The van der Waals surface area contributed by atoms with Gasteiger partial charge >= 0.3 is 147 Å². The summed E-state index contributed by atoms with van der Waals surface area (Å²) in [6.45, 7) is 4.04. The Labute approximate surface area is 146 Å². The van der Waals surface area contributed by atoms with Gasteiger partial charge < -0.3 is 0 Å². The van der Waals surface area contributed by atoms with E-state index in [9.17, 15) is 0 Å². The minimum absolute atomic E-state index is 0.992. The van der Waals surface area contributed by atoms with Gasteiger partial charge in [-0.05, 0) is 0 Å². The number of hydrogen-bond acceptors (Lipinski definition) is 4. The van der Waals surface area contributed by atoms with E-state index in [4.69, 9.17) is 24.4 Å². The molecule has 0 aromatic heterocycles. The van der Waals surface area contributed by atoms with Crippen LogP contribution >= 0.6 is 44.6 Å². The van der Waals surface area contributed by atoms with Gasteiger partial charge in [-0.15, -0.1) is 0 Å². The fourth-order valence-electron chi connectivity index (χ4n) is 2.14. The molecule has 0 radical (unpaired) electrons. The zero-order valence-electron chi connectivity index (χ0n) is 11.9. The molecule has 2 aromatic rings.